The van der Waals surface area contributed by atoms with Gasteiger partial charge in [-0.15, -0.1) is 0 Å². The van der Waals surface area contributed by atoms with Crippen molar-refractivity contribution in [2.75, 3.05) is 12.4 Å². The average molecular weight is 465 g/mol. The summed E-state index contributed by atoms with van der Waals surface area (Å²) in [6.45, 7) is 2.50. The molecule has 0 radical (unpaired) electrons. The van der Waals surface area contributed by atoms with Gasteiger partial charge >= 0.3 is 0 Å². The Hall–Kier alpha value is -3.24. The fraction of sp³-hybridized carbons (Fsp3) is 0.500. The van der Waals surface area contributed by atoms with Crippen LogP contribution in [0.3, 0.4) is 0 Å². The molecule has 2 saturated carbocycles. The molecule has 2 aliphatic rings. The third-order valence-corrected chi connectivity index (χ3v) is 6.80. The molecular formula is C24H32N8O2. The molecule has 2 aliphatic carbocycles. The van der Waals surface area contributed by atoms with E-state index >= 15 is 0 Å². The molecule has 0 atom stereocenters. The van der Waals surface area contributed by atoms with Crippen molar-refractivity contribution in [3.8, 4) is 0 Å². The molecule has 4 aromatic heterocycles. The Bertz CT molecular complexity index is 1330. The third kappa shape index (κ3) is 4.07. The van der Waals surface area contributed by atoms with Gasteiger partial charge in [0.15, 0.2) is 17.9 Å². The summed E-state index contributed by atoms with van der Waals surface area (Å²) in [5.74, 6) is 1.13. The lowest BCUT2D eigenvalue weighted by Gasteiger charge is -2.12. The van der Waals surface area contributed by atoms with E-state index in [4.69, 9.17) is 4.98 Å². The number of aliphatic hydroxyl groups excluding tert-OH is 1. The van der Waals surface area contributed by atoms with Gasteiger partial charge in [0.05, 0.1) is 29.8 Å². The second-order valence-corrected chi connectivity index (χ2v) is 9.24. The van der Waals surface area contributed by atoms with Crippen LogP contribution < -0.4 is 5.32 Å². The highest BCUT2D eigenvalue weighted by atomic mass is 16.3. The SMILES string of the molecule is CCn1c(C=O)cc2c3c(ncn3C)c(Nc3cc(CO)n(C)n3)nc21.CN(C1CC1)C1CC1. The summed E-state index contributed by atoms with van der Waals surface area (Å²) < 4.78 is 5.39. The molecular weight excluding hydrogens is 432 g/mol. The largest absolute Gasteiger partial charge is 0.390 e. The van der Waals surface area contributed by atoms with E-state index in [1.165, 1.54) is 25.7 Å². The van der Waals surface area contributed by atoms with E-state index in [-0.39, 0.29) is 6.61 Å². The van der Waals surface area contributed by atoms with Crippen molar-refractivity contribution in [1.82, 2.24) is 33.8 Å². The van der Waals surface area contributed by atoms with Gasteiger partial charge < -0.3 is 24.5 Å². The van der Waals surface area contributed by atoms with Gasteiger partial charge in [-0.3, -0.25) is 9.48 Å². The number of nitrogens with zero attached hydrogens (tertiary/aromatic N) is 7. The zero-order valence-corrected chi connectivity index (χ0v) is 20.2. The topological polar surface area (TPSA) is 106 Å². The number of hydrogen-bond acceptors (Lipinski definition) is 7. The third-order valence-electron chi connectivity index (χ3n) is 6.80. The summed E-state index contributed by atoms with van der Waals surface area (Å²) in [5.41, 5.74) is 3.57. The van der Waals surface area contributed by atoms with Crippen LogP contribution in [-0.4, -0.2) is 64.3 Å². The zero-order chi connectivity index (χ0) is 24.0. The summed E-state index contributed by atoms with van der Waals surface area (Å²) in [6, 6.07) is 5.58. The maximum absolute atomic E-state index is 11.4. The Balaban J connectivity index is 0.000000252. The number of aldehydes is 1. The summed E-state index contributed by atoms with van der Waals surface area (Å²) in [6.07, 6.45) is 8.42. The number of rotatable bonds is 7. The molecule has 0 spiro atoms. The molecule has 10 heteroatoms. The average Bonchev–Trinajstić information content (AvgIpc) is 3.75. The molecule has 2 fully saturated rings. The number of imidazole rings is 1. The molecule has 4 aromatic rings. The first-order valence-electron chi connectivity index (χ1n) is 11.9. The number of hydrogen-bond donors (Lipinski definition) is 2. The molecule has 4 heterocycles. The minimum absolute atomic E-state index is 0.0992. The van der Waals surface area contributed by atoms with Gasteiger partial charge in [0.2, 0.25) is 0 Å². The second-order valence-electron chi connectivity index (χ2n) is 9.24. The van der Waals surface area contributed by atoms with Gasteiger partial charge in [-0.2, -0.15) is 5.10 Å². The van der Waals surface area contributed by atoms with Gasteiger partial charge in [-0.05, 0) is 45.7 Å². The van der Waals surface area contributed by atoms with Crippen molar-refractivity contribution in [3.05, 3.63) is 29.8 Å². The predicted octanol–water partition coefficient (Wildman–Crippen LogP) is 2.97. The van der Waals surface area contributed by atoms with E-state index < -0.39 is 0 Å². The lowest BCUT2D eigenvalue weighted by molar-refractivity contribution is 0.111. The fourth-order valence-corrected chi connectivity index (χ4v) is 4.55. The van der Waals surface area contributed by atoms with Crippen LogP contribution in [0.4, 0.5) is 11.6 Å². The molecule has 0 bridgehead atoms. The lowest BCUT2D eigenvalue weighted by Crippen LogP contribution is -2.22. The number of aliphatic hydroxyl groups is 1. The Kier molecular flexibility index (Phi) is 5.86. The molecule has 2 N–H and O–H groups in total. The van der Waals surface area contributed by atoms with E-state index in [9.17, 15) is 9.90 Å². The zero-order valence-electron chi connectivity index (χ0n) is 20.2. The van der Waals surface area contributed by atoms with E-state index in [1.807, 2.05) is 29.2 Å². The molecule has 6 rings (SSSR count). The first-order chi connectivity index (χ1) is 16.4. The predicted molar refractivity (Wildman–Crippen MR) is 131 cm³/mol. The van der Waals surface area contributed by atoms with E-state index in [0.29, 0.717) is 40.7 Å². The summed E-state index contributed by atoms with van der Waals surface area (Å²) in [4.78, 5) is 23.2. The standard InChI is InChI=1S/C17H19N7O2.C7H13N/c1-4-24-11(8-26)5-12-15-14(18-9-22(15)2)16(20-17(12)24)19-13-6-10(7-25)23(3)21-13;1-8(6-2-3-6)7-4-5-7/h5-6,8-9,25H,4,7H2,1-3H3,(H,19,20,21);6-7H,2-5H2,1H3. The van der Waals surface area contributed by atoms with E-state index in [0.717, 1.165) is 29.3 Å². The monoisotopic (exact) mass is 464 g/mol. The number of carbonyl (C=O) groups excluding carboxylic acids is 1. The van der Waals surface area contributed by atoms with Crippen LogP contribution in [0, 0.1) is 0 Å². The smallest absolute Gasteiger partial charge is 0.166 e. The molecule has 0 saturated heterocycles. The Labute approximate surface area is 198 Å². The maximum Gasteiger partial charge on any atom is 0.166 e. The van der Waals surface area contributed by atoms with Crippen LogP contribution in [-0.2, 0) is 27.2 Å². The Morgan fingerprint density at radius 3 is 2.47 bits per heavy atom. The minimum atomic E-state index is -0.0992. The van der Waals surface area contributed by atoms with Crippen molar-refractivity contribution in [3.63, 3.8) is 0 Å². The Morgan fingerprint density at radius 2 is 1.91 bits per heavy atom. The van der Waals surface area contributed by atoms with Crippen molar-refractivity contribution in [1.29, 1.82) is 0 Å². The molecule has 10 nitrogen and oxygen atoms in total. The number of pyridine rings is 1. The van der Waals surface area contributed by atoms with Crippen LogP contribution in [0.5, 0.6) is 0 Å². The van der Waals surface area contributed by atoms with Gasteiger partial charge in [-0.25, -0.2) is 9.97 Å². The minimum Gasteiger partial charge on any atom is -0.390 e. The van der Waals surface area contributed by atoms with Crippen LogP contribution in [0.2, 0.25) is 0 Å². The molecule has 0 amide bonds. The number of carbonyl (C=O) groups is 1. The van der Waals surface area contributed by atoms with Crippen LogP contribution in [0.15, 0.2) is 18.5 Å². The highest BCUT2D eigenvalue weighted by Gasteiger charge is 2.36. The highest BCUT2D eigenvalue weighted by molar-refractivity contribution is 6.08. The number of anilines is 2. The fourth-order valence-electron chi connectivity index (χ4n) is 4.55. The first kappa shape index (κ1) is 22.5. The van der Waals surface area contributed by atoms with Crippen molar-refractivity contribution in [2.45, 2.75) is 57.8 Å². The van der Waals surface area contributed by atoms with E-state index in [1.54, 1.807) is 24.1 Å². The van der Waals surface area contributed by atoms with E-state index in [2.05, 4.69) is 27.3 Å². The van der Waals surface area contributed by atoms with Crippen LogP contribution in [0.1, 0.15) is 48.8 Å². The van der Waals surface area contributed by atoms with Gasteiger partial charge in [0, 0.05) is 44.2 Å². The highest BCUT2D eigenvalue weighted by Crippen LogP contribution is 2.35. The molecule has 0 aromatic carbocycles. The molecule has 0 unspecified atom stereocenters. The van der Waals surface area contributed by atoms with Crippen molar-refractivity contribution >= 4 is 40.0 Å². The number of aryl methyl sites for hydroxylation is 3. The normalized spacial score (nSPS) is 15.7. The molecule has 34 heavy (non-hydrogen) atoms. The van der Waals surface area contributed by atoms with Gasteiger partial charge in [0.25, 0.3) is 0 Å². The maximum atomic E-state index is 11.4. The summed E-state index contributed by atoms with van der Waals surface area (Å²) in [7, 11) is 5.95. The Morgan fingerprint density at radius 1 is 1.21 bits per heavy atom. The van der Waals surface area contributed by atoms with Gasteiger partial charge in [0.1, 0.15) is 11.2 Å². The number of aromatic nitrogens is 6. The lowest BCUT2D eigenvalue weighted by atomic mass is 10.2. The summed E-state index contributed by atoms with van der Waals surface area (Å²) in [5, 5.41) is 17.8. The number of nitrogens with one attached hydrogen (secondary N) is 1. The van der Waals surface area contributed by atoms with Crippen LogP contribution >= 0.6 is 0 Å². The van der Waals surface area contributed by atoms with Crippen molar-refractivity contribution in [2.24, 2.45) is 14.1 Å². The van der Waals surface area contributed by atoms with Crippen LogP contribution in [0.25, 0.3) is 22.1 Å². The van der Waals surface area contributed by atoms with Gasteiger partial charge in [-0.1, -0.05) is 0 Å². The quantitative estimate of drug-likeness (QED) is 0.405. The first-order valence-corrected chi connectivity index (χ1v) is 11.9. The summed E-state index contributed by atoms with van der Waals surface area (Å²) >= 11 is 0. The second kappa shape index (κ2) is 8.84. The molecule has 180 valence electrons. The molecule has 0 aliphatic heterocycles. The number of fused-ring (bicyclic) bond motifs is 3. The van der Waals surface area contributed by atoms with Crippen molar-refractivity contribution < 1.29 is 9.90 Å².